The molecule has 0 bridgehead atoms. The van der Waals surface area contributed by atoms with Gasteiger partial charge in [0.2, 0.25) is 16.4 Å². The Kier molecular flexibility index (Phi) is 9.54. The first-order valence-electron chi connectivity index (χ1n) is 16.5. The van der Waals surface area contributed by atoms with Crippen molar-refractivity contribution in [2.75, 3.05) is 18.4 Å². The van der Waals surface area contributed by atoms with Crippen molar-refractivity contribution in [3.8, 4) is 5.75 Å². The minimum atomic E-state index is -4.60. The van der Waals surface area contributed by atoms with Crippen molar-refractivity contribution < 1.29 is 27.5 Å². The SMILES string of the molecule is Cc1ncnc(C(=O)N2CCC3(CCCc4c3c(=O)n3nc(Br)nc3n4CC(=O)Nc3ccc(C(F)(F)F)cc3Cl)CC2)c1OCc1ccccc1. The fourth-order valence-corrected chi connectivity index (χ4v) is 7.73. The van der Waals surface area contributed by atoms with E-state index in [1.54, 1.807) is 16.4 Å². The smallest absolute Gasteiger partial charge is 0.416 e. The van der Waals surface area contributed by atoms with Gasteiger partial charge in [-0.3, -0.25) is 14.4 Å². The number of nitrogens with one attached hydrogen (secondary N) is 1. The van der Waals surface area contributed by atoms with Gasteiger partial charge in [-0.15, -0.1) is 5.10 Å². The first-order valence-corrected chi connectivity index (χ1v) is 17.6. The first-order chi connectivity index (χ1) is 24.8. The highest BCUT2D eigenvalue weighted by Gasteiger charge is 2.45. The number of fused-ring (bicyclic) bond motifs is 3. The summed E-state index contributed by atoms with van der Waals surface area (Å²) >= 11 is 9.36. The summed E-state index contributed by atoms with van der Waals surface area (Å²) in [5, 5.41) is 6.59. The van der Waals surface area contributed by atoms with Crippen LogP contribution in [0.2, 0.25) is 5.02 Å². The average molecular weight is 800 g/mol. The number of halogens is 5. The van der Waals surface area contributed by atoms with Gasteiger partial charge in [-0.1, -0.05) is 41.9 Å². The molecule has 1 spiro atoms. The van der Waals surface area contributed by atoms with Gasteiger partial charge in [-0.25, -0.2) is 9.97 Å². The van der Waals surface area contributed by atoms with Gasteiger partial charge >= 0.3 is 6.18 Å². The molecule has 0 atom stereocenters. The van der Waals surface area contributed by atoms with E-state index in [9.17, 15) is 27.6 Å². The summed E-state index contributed by atoms with van der Waals surface area (Å²) in [5.74, 6) is -0.432. The van der Waals surface area contributed by atoms with Gasteiger partial charge in [0, 0.05) is 29.8 Å². The third-order valence-electron chi connectivity index (χ3n) is 9.72. The molecule has 1 fully saturated rings. The minimum Gasteiger partial charge on any atom is -0.485 e. The van der Waals surface area contributed by atoms with Gasteiger partial charge in [0.05, 0.1) is 22.0 Å². The molecule has 12 nitrogen and oxygen atoms in total. The van der Waals surface area contributed by atoms with E-state index in [1.807, 2.05) is 30.3 Å². The fraction of sp³-hybridized carbons (Fsp3) is 0.343. The van der Waals surface area contributed by atoms with Crippen LogP contribution in [0, 0.1) is 6.92 Å². The Labute approximate surface area is 308 Å². The molecule has 1 aliphatic carbocycles. The van der Waals surface area contributed by atoms with Crippen LogP contribution in [0.1, 0.15) is 64.2 Å². The highest BCUT2D eigenvalue weighted by Crippen LogP contribution is 2.44. The minimum absolute atomic E-state index is 0.00857. The van der Waals surface area contributed by atoms with Crippen molar-refractivity contribution in [2.45, 2.75) is 63.8 Å². The molecule has 52 heavy (non-hydrogen) atoms. The van der Waals surface area contributed by atoms with Crippen molar-refractivity contribution >= 4 is 50.8 Å². The summed E-state index contributed by atoms with van der Waals surface area (Å²) in [6.45, 7) is 2.36. The van der Waals surface area contributed by atoms with Crippen LogP contribution in [-0.4, -0.2) is 58.9 Å². The quantitative estimate of drug-likeness (QED) is 0.207. The number of likely N-dealkylation sites (tertiary alicyclic amines) is 1. The average Bonchev–Trinajstić information content (AvgIpc) is 3.52. The summed E-state index contributed by atoms with van der Waals surface area (Å²) in [4.78, 5) is 56.1. The number of carbonyl (C=O) groups excluding carboxylic acids is 2. The lowest BCUT2D eigenvalue weighted by Gasteiger charge is -2.45. The number of anilines is 1. The Morgan fingerprint density at radius 1 is 1.08 bits per heavy atom. The molecule has 0 radical (unpaired) electrons. The Balaban J connectivity index is 1.15. The number of carbonyl (C=O) groups is 2. The molecule has 17 heteroatoms. The third-order valence-corrected chi connectivity index (χ3v) is 10.4. The van der Waals surface area contributed by atoms with E-state index in [4.69, 9.17) is 16.3 Å². The van der Waals surface area contributed by atoms with E-state index in [1.165, 1.54) is 6.33 Å². The first kappa shape index (κ1) is 35.6. The van der Waals surface area contributed by atoms with Gasteiger partial charge < -0.3 is 19.5 Å². The maximum absolute atomic E-state index is 14.2. The number of ether oxygens (including phenoxy) is 1. The molecule has 4 heterocycles. The lowest BCUT2D eigenvalue weighted by atomic mass is 9.66. The molecule has 2 aromatic carbocycles. The molecule has 7 rings (SSSR count). The summed E-state index contributed by atoms with van der Waals surface area (Å²) < 4.78 is 48.5. The van der Waals surface area contributed by atoms with Crippen LogP contribution in [0.5, 0.6) is 5.75 Å². The van der Waals surface area contributed by atoms with Crippen LogP contribution >= 0.6 is 27.5 Å². The largest absolute Gasteiger partial charge is 0.485 e. The normalized spacial score (nSPS) is 15.5. The highest BCUT2D eigenvalue weighted by molar-refractivity contribution is 9.10. The van der Waals surface area contributed by atoms with E-state index >= 15 is 0 Å². The Morgan fingerprint density at radius 3 is 2.54 bits per heavy atom. The van der Waals surface area contributed by atoms with E-state index in [-0.39, 0.29) is 51.5 Å². The summed E-state index contributed by atoms with van der Waals surface area (Å²) in [7, 11) is 0. The van der Waals surface area contributed by atoms with Crippen molar-refractivity contribution in [3.05, 3.63) is 109 Å². The van der Waals surface area contributed by atoms with Gasteiger partial charge in [0.15, 0.2) is 11.4 Å². The fourth-order valence-electron chi connectivity index (χ4n) is 7.18. The van der Waals surface area contributed by atoms with Gasteiger partial charge in [0.1, 0.15) is 19.5 Å². The van der Waals surface area contributed by atoms with E-state index < -0.39 is 23.1 Å². The number of hydrogen-bond donors (Lipinski definition) is 1. The molecular formula is C35H31BrClF3N8O4. The van der Waals surface area contributed by atoms with Crippen molar-refractivity contribution in [1.82, 2.24) is 34.0 Å². The van der Waals surface area contributed by atoms with E-state index in [0.717, 1.165) is 28.3 Å². The number of aromatic nitrogens is 6. The molecule has 1 N–H and O–H groups in total. The molecule has 0 unspecified atom stereocenters. The van der Waals surface area contributed by atoms with Crippen molar-refractivity contribution in [1.29, 1.82) is 0 Å². The third kappa shape index (κ3) is 6.76. The summed E-state index contributed by atoms with van der Waals surface area (Å²) in [6, 6.07) is 12.2. The topological polar surface area (TPSA) is 137 Å². The zero-order valence-electron chi connectivity index (χ0n) is 27.7. The lowest BCUT2D eigenvalue weighted by Crippen LogP contribution is -2.50. The maximum Gasteiger partial charge on any atom is 0.416 e. The standard InChI is InChI=1S/C35H31BrClF3N8O4/c1-20-29(52-18-21-6-3-2-4-7-21)28(42-19-41-20)31(51)46-14-12-34(13-15-46)11-5-8-25-27(34)30(50)48-33(44-32(36)45-48)47(25)17-26(49)43-24-10-9-22(16-23(24)37)35(38,39)40/h2-4,6-7,9-10,16,19H,5,8,11-15,17-18H2,1H3,(H,43,49). The molecule has 3 aromatic heterocycles. The summed E-state index contributed by atoms with van der Waals surface area (Å²) in [6.07, 6.45) is -0.439. The molecule has 0 saturated carbocycles. The zero-order chi connectivity index (χ0) is 36.8. The predicted octanol–water partition coefficient (Wildman–Crippen LogP) is 6.15. The van der Waals surface area contributed by atoms with Crippen LogP contribution < -0.4 is 15.6 Å². The zero-order valence-corrected chi connectivity index (χ0v) is 30.1. The molecule has 5 aromatic rings. The number of piperidine rings is 1. The second-order valence-electron chi connectivity index (χ2n) is 12.9. The number of aryl methyl sites for hydroxylation is 1. The van der Waals surface area contributed by atoms with Gasteiger partial charge in [-0.05, 0) is 78.7 Å². The van der Waals surface area contributed by atoms with Crippen LogP contribution in [0.3, 0.4) is 0 Å². The molecule has 2 amide bonds. The number of amides is 2. The van der Waals surface area contributed by atoms with Gasteiger partial charge in [-0.2, -0.15) is 22.7 Å². The summed E-state index contributed by atoms with van der Waals surface area (Å²) in [5.41, 5.74) is 0.874. The second kappa shape index (κ2) is 14.0. The van der Waals surface area contributed by atoms with E-state index in [2.05, 4.69) is 41.3 Å². The number of alkyl halides is 3. The van der Waals surface area contributed by atoms with Crippen molar-refractivity contribution in [3.63, 3.8) is 0 Å². The maximum atomic E-state index is 14.2. The Hall–Kier alpha value is -4.83. The Bertz CT molecular complexity index is 2260. The number of nitrogens with zero attached hydrogens (tertiary/aromatic N) is 7. The van der Waals surface area contributed by atoms with Gasteiger partial charge in [0.25, 0.3) is 11.5 Å². The number of benzene rings is 2. The van der Waals surface area contributed by atoms with Crippen molar-refractivity contribution in [2.24, 2.45) is 0 Å². The van der Waals surface area contributed by atoms with Crippen LogP contribution in [0.4, 0.5) is 18.9 Å². The highest BCUT2D eigenvalue weighted by atomic mass is 79.9. The van der Waals surface area contributed by atoms with Crippen LogP contribution in [0.25, 0.3) is 5.78 Å². The van der Waals surface area contributed by atoms with E-state index in [0.29, 0.717) is 67.9 Å². The second-order valence-corrected chi connectivity index (χ2v) is 14.0. The predicted molar refractivity (Wildman–Crippen MR) is 187 cm³/mol. The number of rotatable bonds is 7. The molecule has 270 valence electrons. The molecular weight excluding hydrogens is 769 g/mol. The monoisotopic (exact) mass is 798 g/mol. The van der Waals surface area contributed by atoms with Crippen LogP contribution in [0.15, 0.2) is 64.4 Å². The molecule has 1 aliphatic heterocycles. The Morgan fingerprint density at radius 2 is 1.83 bits per heavy atom. The number of hydrogen-bond acceptors (Lipinski definition) is 8. The molecule has 1 saturated heterocycles. The molecule has 2 aliphatic rings. The lowest BCUT2D eigenvalue weighted by molar-refractivity contribution is -0.137. The van der Waals surface area contributed by atoms with Crippen LogP contribution in [-0.2, 0) is 36.0 Å².